The highest BCUT2D eigenvalue weighted by Crippen LogP contribution is 2.40. The molecule has 0 aromatic heterocycles. The standard InChI is InChI=1S/C29H35N5O9S/c1-6-32-12-13-33(24(38)23(32)37)28(41)31-18(17-10-8-7-9-11-17)21(35)30-19-22(36)34-20(16(2)14-44-25(19)34)26(39)42-15-43-27(40)29(3,4)5/h7-11,18-19,25H,6,12-15H2,1-5H3,(H,30,35)(H,31,41)/t18?,19?,25-/m0/s1. The number of nitrogens with one attached hydrogen (secondary N) is 2. The van der Waals surface area contributed by atoms with Gasteiger partial charge in [-0.25, -0.2) is 9.59 Å². The number of β-lactam (4-membered cyclic amide) rings is 1. The zero-order chi connectivity index (χ0) is 32.3. The van der Waals surface area contributed by atoms with Gasteiger partial charge < -0.3 is 25.0 Å². The lowest BCUT2D eigenvalue weighted by Gasteiger charge is -2.49. The molecule has 14 nitrogen and oxygen atoms in total. The molecule has 236 valence electrons. The van der Waals surface area contributed by atoms with Gasteiger partial charge in [0.05, 0.1) is 5.41 Å². The second-order valence-corrected chi connectivity index (χ2v) is 12.5. The summed E-state index contributed by atoms with van der Waals surface area (Å²) in [4.78, 5) is 93.0. The number of benzene rings is 1. The summed E-state index contributed by atoms with van der Waals surface area (Å²) in [6.45, 7) is 8.18. The van der Waals surface area contributed by atoms with E-state index in [1.807, 2.05) is 0 Å². The maximum atomic E-state index is 13.6. The summed E-state index contributed by atoms with van der Waals surface area (Å²) in [5.41, 5.74) is 0.182. The number of esters is 2. The van der Waals surface area contributed by atoms with Crippen LogP contribution < -0.4 is 10.6 Å². The molecule has 15 heteroatoms. The lowest BCUT2D eigenvalue weighted by molar-refractivity contribution is -0.173. The van der Waals surface area contributed by atoms with Crippen molar-refractivity contribution in [3.05, 3.63) is 47.2 Å². The van der Waals surface area contributed by atoms with Crippen molar-refractivity contribution in [1.29, 1.82) is 0 Å². The third-order valence-electron chi connectivity index (χ3n) is 7.24. The summed E-state index contributed by atoms with van der Waals surface area (Å²) >= 11 is 1.33. The fourth-order valence-electron chi connectivity index (χ4n) is 4.74. The molecule has 2 N–H and O–H groups in total. The van der Waals surface area contributed by atoms with Crippen molar-refractivity contribution in [2.24, 2.45) is 5.41 Å². The summed E-state index contributed by atoms with van der Waals surface area (Å²) in [5.74, 6) is -4.14. The van der Waals surface area contributed by atoms with Gasteiger partial charge in [-0.05, 0) is 45.8 Å². The molecule has 0 aliphatic carbocycles. The van der Waals surface area contributed by atoms with Crippen molar-refractivity contribution in [3.8, 4) is 0 Å². The fourth-order valence-corrected chi connectivity index (χ4v) is 6.03. The van der Waals surface area contributed by atoms with Crippen LogP contribution in [0.25, 0.3) is 0 Å². The molecule has 3 aliphatic heterocycles. The van der Waals surface area contributed by atoms with Gasteiger partial charge in [0.25, 0.3) is 5.91 Å². The minimum absolute atomic E-state index is 0.0124. The van der Waals surface area contributed by atoms with E-state index in [1.54, 1.807) is 65.0 Å². The van der Waals surface area contributed by atoms with E-state index < -0.39 is 71.3 Å². The van der Waals surface area contributed by atoms with Crippen LogP contribution in [0, 0.1) is 5.41 Å². The zero-order valence-electron chi connectivity index (χ0n) is 25.1. The molecule has 0 bridgehead atoms. The van der Waals surface area contributed by atoms with Crippen LogP contribution in [0.15, 0.2) is 41.6 Å². The van der Waals surface area contributed by atoms with Crippen molar-refractivity contribution in [2.75, 3.05) is 32.2 Å². The molecule has 44 heavy (non-hydrogen) atoms. The van der Waals surface area contributed by atoms with Gasteiger partial charge in [0.15, 0.2) is 0 Å². The predicted octanol–water partition coefficient (Wildman–Crippen LogP) is 0.892. The number of urea groups is 1. The number of rotatable bonds is 8. The summed E-state index contributed by atoms with van der Waals surface area (Å²) < 4.78 is 10.1. The monoisotopic (exact) mass is 629 g/mol. The minimum atomic E-state index is -1.30. The Morgan fingerprint density at radius 1 is 1.02 bits per heavy atom. The summed E-state index contributed by atoms with van der Waals surface area (Å²) in [6.07, 6.45) is 0. The van der Waals surface area contributed by atoms with Gasteiger partial charge in [-0.2, -0.15) is 0 Å². The Hall–Kier alpha value is -4.40. The van der Waals surface area contributed by atoms with E-state index in [0.29, 0.717) is 23.4 Å². The maximum Gasteiger partial charge on any atom is 0.357 e. The molecule has 3 heterocycles. The number of likely N-dealkylation sites (N-methyl/N-ethyl adjacent to an activating group) is 1. The lowest BCUT2D eigenvalue weighted by atomic mass is 9.98. The minimum Gasteiger partial charge on any atom is -0.427 e. The number of piperazine rings is 1. The first-order valence-electron chi connectivity index (χ1n) is 14.0. The number of imide groups is 1. The second-order valence-electron chi connectivity index (χ2n) is 11.4. The van der Waals surface area contributed by atoms with Crippen molar-refractivity contribution in [1.82, 2.24) is 25.3 Å². The molecule has 3 atom stereocenters. The fraction of sp³-hybridized carbons (Fsp3) is 0.483. The van der Waals surface area contributed by atoms with Gasteiger partial charge in [0.1, 0.15) is 23.2 Å². The summed E-state index contributed by atoms with van der Waals surface area (Å²) in [6, 6.07) is 4.99. The van der Waals surface area contributed by atoms with E-state index in [9.17, 15) is 33.6 Å². The Morgan fingerprint density at radius 2 is 1.70 bits per heavy atom. The van der Waals surface area contributed by atoms with E-state index in [4.69, 9.17) is 9.47 Å². The Bertz CT molecular complexity index is 1410. The number of carbonyl (C=O) groups is 7. The normalized spacial score (nSPS) is 20.8. The first-order valence-corrected chi connectivity index (χ1v) is 15.1. The van der Waals surface area contributed by atoms with Crippen molar-refractivity contribution in [2.45, 2.75) is 52.1 Å². The first kappa shape index (κ1) is 32.5. The number of amides is 6. The van der Waals surface area contributed by atoms with Gasteiger partial charge in [-0.15, -0.1) is 11.8 Å². The van der Waals surface area contributed by atoms with Gasteiger partial charge in [-0.3, -0.25) is 33.8 Å². The van der Waals surface area contributed by atoms with Crippen LogP contribution in [0.2, 0.25) is 0 Å². The van der Waals surface area contributed by atoms with Gasteiger partial charge >= 0.3 is 29.8 Å². The van der Waals surface area contributed by atoms with Gasteiger partial charge in [0, 0.05) is 25.4 Å². The average Bonchev–Trinajstić information content (AvgIpc) is 2.99. The average molecular weight is 630 g/mol. The molecular weight excluding hydrogens is 594 g/mol. The molecule has 2 unspecified atom stereocenters. The molecule has 4 rings (SSSR count). The molecule has 1 aromatic carbocycles. The Kier molecular flexibility index (Phi) is 9.66. The molecule has 0 spiro atoms. The van der Waals surface area contributed by atoms with Crippen molar-refractivity contribution in [3.63, 3.8) is 0 Å². The van der Waals surface area contributed by atoms with E-state index in [-0.39, 0.29) is 18.8 Å². The molecular formula is C29H35N5O9S. The topological polar surface area (TPSA) is 172 Å². The Labute approximate surface area is 258 Å². The maximum absolute atomic E-state index is 13.6. The number of thioether (sulfide) groups is 1. The Balaban J connectivity index is 1.44. The number of hydrogen-bond acceptors (Lipinski definition) is 10. The largest absolute Gasteiger partial charge is 0.427 e. The molecule has 1 aromatic rings. The van der Waals surface area contributed by atoms with Crippen LogP contribution >= 0.6 is 11.8 Å². The summed E-state index contributed by atoms with van der Waals surface area (Å²) in [5, 5.41) is 4.56. The third-order valence-corrected chi connectivity index (χ3v) is 8.67. The third kappa shape index (κ3) is 6.56. The SMILES string of the molecule is CCN1CCN(C(=O)NC(C(=O)NC2C(=O)N3C(C(=O)OCOC(=O)C(C)(C)C)=C(C)CS[C@@H]23)c2ccccc2)C(=O)C1=O. The number of nitrogens with zero attached hydrogens (tertiary/aromatic N) is 3. The molecule has 2 fully saturated rings. The van der Waals surface area contributed by atoms with Crippen LogP contribution in [0.1, 0.15) is 46.2 Å². The predicted molar refractivity (Wildman–Crippen MR) is 156 cm³/mol. The Morgan fingerprint density at radius 3 is 2.34 bits per heavy atom. The number of fused-ring (bicyclic) bond motifs is 1. The molecule has 3 aliphatic rings. The second kappa shape index (κ2) is 13.1. The van der Waals surface area contributed by atoms with Gasteiger partial charge in [-0.1, -0.05) is 30.3 Å². The lowest BCUT2D eigenvalue weighted by Crippen LogP contribution is -2.71. The zero-order valence-corrected chi connectivity index (χ0v) is 25.9. The van der Waals surface area contributed by atoms with Crippen LogP contribution in [-0.4, -0.2) is 99.9 Å². The molecule has 6 amide bonds. The molecule has 0 saturated carbocycles. The first-order chi connectivity index (χ1) is 20.8. The van der Waals surface area contributed by atoms with Crippen molar-refractivity contribution >= 4 is 53.4 Å². The van der Waals surface area contributed by atoms with E-state index in [1.165, 1.54) is 21.6 Å². The van der Waals surface area contributed by atoms with Crippen LogP contribution in [0.5, 0.6) is 0 Å². The van der Waals surface area contributed by atoms with Crippen LogP contribution in [0.4, 0.5) is 4.79 Å². The molecule has 2 saturated heterocycles. The molecule has 0 radical (unpaired) electrons. The number of carbonyl (C=O) groups excluding carboxylic acids is 7. The smallest absolute Gasteiger partial charge is 0.357 e. The van der Waals surface area contributed by atoms with Gasteiger partial charge in [0.2, 0.25) is 12.7 Å². The van der Waals surface area contributed by atoms with Crippen molar-refractivity contribution < 1.29 is 43.0 Å². The highest BCUT2D eigenvalue weighted by molar-refractivity contribution is 8.00. The number of ether oxygens (including phenoxy) is 2. The highest BCUT2D eigenvalue weighted by atomic mass is 32.2. The van der Waals surface area contributed by atoms with E-state index in [0.717, 1.165) is 4.90 Å². The van der Waals surface area contributed by atoms with E-state index in [2.05, 4.69) is 10.6 Å². The highest BCUT2D eigenvalue weighted by Gasteiger charge is 2.54. The van der Waals surface area contributed by atoms with Crippen LogP contribution in [-0.2, 0) is 38.2 Å². The quantitative estimate of drug-likeness (QED) is 0.182. The van der Waals surface area contributed by atoms with Crippen LogP contribution in [0.3, 0.4) is 0 Å². The summed E-state index contributed by atoms with van der Waals surface area (Å²) in [7, 11) is 0. The number of hydrogen-bond donors (Lipinski definition) is 2. The van der Waals surface area contributed by atoms with E-state index >= 15 is 0 Å².